The number of aryl methyl sites for hydroxylation is 1. The molecule has 0 saturated heterocycles. The molecule has 0 radical (unpaired) electrons. The molecule has 8 heteroatoms. The van der Waals surface area contributed by atoms with Gasteiger partial charge in [-0.3, -0.25) is 0 Å². The van der Waals surface area contributed by atoms with Gasteiger partial charge in [-0.05, 0) is 42.3 Å². The van der Waals surface area contributed by atoms with Crippen LogP contribution in [0.15, 0.2) is 46.4 Å². The number of anilines is 1. The van der Waals surface area contributed by atoms with Gasteiger partial charge in [0.2, 0.25) is 0 Å². The molecule has 1 N–H and O–H groups in total. The minimum atomic E-state index is -3.95. The summed E-state index contributed by atoms with van der Waals surface area (Å²) < 4.78 is 24.6. The van der Waals surface area contributed by atoms with Crippen LogP contribution in [0.1, 0.15) is 11.1 Å². The zero-order chi connectivity index (χ0) is 17.9. The molecule has 0 bridgehead atoms. The molecule has 0 aliphatic carbocycles. The van der Waals surface area contributed by atoms with Crippen LogP contribution in [0.3, 0.4) is 0 Å². The predicted octanol–water partition coefficient (Wildman–Crippen LogP) is 3.68. The van der Waals surface area contributed by atoms with E-state index in [9.17, 15) is 8.42 Å². The lowest BCUT2D eigenvalue weighted by atomic mass is 10.2. The number of benzene rings is 2. The Morgan fingerprint density at radius 3 is 2.12 bits per heavy atom. The van der Waals surface area contributed by atoms with E-state index in [0.29, 0.717) is 0 Å². The summed E-state index contributed by atoms with van der Waals surface area (Å²) in [5.74, 6) is 0. The van der Waals surface area contributed by atoms with Gasteiger partial charge < -0.3 is 4.90 Å². The minimum Gasteiger partial charge on any atom is -0.378 e. The highest BCUT2D eigenvalue weighted by Crippen LogP contribution is 2.30. The number of hydrazone groups is 1. The van der Waals surface area contributed by atoms with E-state index < -0.39 is 10.0 Å². The molecule has 24 heavy (non-hydrogen) atoms. The molecule has 0 aliphatic rings. The summed E-state index contributed by atoms with van der Waals surface area (Å²) in [4.78, 5) is 3.90. The highest BCUT2D eigenvalue weighted by atomic mass is 35.5. The van der Waals surface area contributed by atoms with Crippen LogP contribution in [-0.4, -0.2) is 28.7 Å². The third-order valence-corrected chi connectivity index (χ3v) is 5.35. The Morgan fingerprint density at radius 1 is 1.08 bits per heavy atom. The van der Waals surface area contributed by atoms with Crippen molar-refractivity contribution >= 4 is 45.1 Å². The molecule has 0 spiro atoms. The maximum atomic E-state index is 12.3. The smallest absolute Gasteiger partial charge is 0.279 e. The van der Waals surface area contributed by atoms with Crippen LogP contribution in [0.25, 0.3) is 0 Å². The van der Waals surface area contributed by atoms with Crippen molar-refractivity contribution in [1.29, 1.82) is 0 Å². The second-order valence-corrected chi connectivity index (χ2v) is 7.81. The number of nitrogens with zero attached hydrogens (tertiary/aromatic N) is 2. The lowest BCUT2D eigenvalue weighted by molar-refractivity contribution is 0.585. The van der Waals surface area contributed by atoms with E-state index in [1.165, 1.54) is 18.3 Å². The molecular formula is C16H17Cl2N3O2S. The first kappa shape index (κ1) is 18.6. The zero-order valence-corrected chi connectivity index (χ0v) is 15.7. The van der Waals surface area contributed by atoms with Crippen molar-refractivity contribution < 1.29 is 8.42 Å². The van der Waals surface area contributed by atoms with Gasteiger partial charge in [-0.25, -0.2) is 0 Å². The first-order valence-electron chi connectivity index (χ1n) is 6.98. The monoisotopic (exact) mass is 385 g/mol. The van der Waals surface area contributed by atoms with E-state index in [4.69, 9.17) is 23.2 Å². The van der Waals surface area contributed by atoms with Gasteiger partial charge in [-0.1, -0.05) is 35.3 Å². The second-order valence-electron chi connectivity index (χ2n) is 5.40. The molecule has 0 unspecified atom stereocenters. The van der Waals surface area contributed by atoms with Crippen molar-refractivity contribution in [3.63, 3.8) is 0 Å². The Bertz CT molecular complexity index is 840. The van der Waals surface area contributed by atoms with Gasteiger partial charge in [-0.15, -0.1) is 0 Å². The first-order valence-corrected chi connectivity index (χ1v) is 9.22. The van der Waals surface area contributed by atoms with Crippen molar-refractivity contribution in [3.05, 3.63) is 57.6 Å². The first-order chi connectivity index (χ1) is 11.2. The van der Waals surface area contributed by atoms with Crippen molar-refractivity contribution in [3.8, 4) is 0 Å². The molecule has 2 aromatic carbocycles. The van der Waals surface area contributed by atoms with E-state index >= 15 is 0 Å². The van der Waals surface area contributed by atoms with E-state index in [2.05, 4.69) is 9.93 Å². The van der Waals surface area contributed by atoms with Crippen molar-refractivity contribution in [2.24, 2.45) is 5.10 Å². The largest absolute Gasteiger partial charge is 0.378 e. The summed E-state index contributed by atoms with van der Waals surface area (Å²) in [6.45, 7) is 1.77. The highest BCUT2D eigenvalue weighted by molar-refractivity contribution is 7.89. The van der Waals surface area contributed by atoms with Gasteiger partial charge in [0.25, 0.3) is 10.0 Å². The maximum absolute atomic E-state index is 12.3. The molecule has 0 atom stereocenters. The van der Waals surface area contributed by atoms with Gasteiger partial charge in [-0.2, -0.15) is 18.4 Å². The van der Waals surface area contributed by atoms with Crippen LogP contribution < -0.4 is 9.73 Å². The number of nitrogens with one attached hydrogen (secondary N) is 1. The number of hydrogen-bond acceptors (Lipinski definition) is 4. The lowest BCUT2D eigenvalue weighted by Crippen LogP contribution is -2.19. The fourth-order valence-electron chi connectivity index (χ4n) is 2.02. The fraction of sp³-hybridized carbons (Fsp3) is 0.188. The molecule has 2 rings (SSSR count). The van der Waals surface area contributed by atoms with Crippen LogP contribution in [0, 0.1) is 6.92 Å². The quantitative estimate of drug-likeness (QED) is 0.630. The van der Waals surface area contributed by atoms with E-state index in [1.807, 2.05) is 43.3 Å². The van der Waals surface area contributed by atoms with Gasteiger partial charge in [0.1, 0.15) is 4.90 Å². The fourth-order valence-corrected chi connectivity index (χ4v) is 4.14. The average molecular weight is 386 g/mol. The molecule has 0 aliphatic heterocycles. The zero-order valence-electron chi connectivity index (χ0n) is 13.4. The molecule has 5 nitrogen and oxygen atoms in total. The van der Waals surface area contributed by atoms with E-state index in [1.54, 1.807) is 6.92 Å². The lowest BCUT2D eigenvalue weighted by Gasteiger charge is -2.11. The normalized spacial score (nSPS) is 11.7. The Labute approximate surface area is 151 Å². The van der Waals surface area contributed by atoms with Crippen molar-refractivity contribution in [1.82, 2.24) is 4.83 Å². The average Bonchev–Trinajstić information content (AvgIpc) is 2.46. The SMILES string of the molecule is Cc1cc(Cl)c(S(=O)(=O)N/N=C/c2ccc(N(C)C)cc2)c(Cl)c1. The Balaban J connectivity index is 2.18. The van der Waals surface area contributed by atoms with Crippen LogP contribution in [-0.2, 0) is 10.0 Å². The molecule has 0 fully saturated rings. The number of halogens is 2. The van der Waals surface area contributed by atoms with E-state index in [0.717, 1.165) is 16.8 Å². The third kappa shape index (κ3) is 4.41. The summed E-state index contributed by atoms with van der Waals surface area (Å²) in [5, 5.41) is 3.88. The molecule has 128 valence electrons. The number of sulfonamides is 1. The van der Waals surface area contributed by atoms with Gasteiger partial charge in [0.15, 0.2) is 0 Å². The predicted molar refractivity (Wildman–Crippen MR) is 99.9 cm³/mol. The van der Waals surface area contributed by atoms with Crippen LogP contribution >= 0.6 is 23.2 Å². The summed E-state index contributed by atoms with van der Waals surface area (Å²) in [7, 11) is -0.0766. The van der Waals surface area contributed by atoms with Crippen LogP contribution in [0.4, 0.5) is 5.69 Å². The molecule has 0 amide bonds. The number of hydrogen-bond donors (Lipinski definition) is 1. The summed E-state index contributed by atoms with van der Waals surface area (Å²) in [5.41, 5.74) is 2.56. The van der Waals surface area contributed by atoms with Gasteiger partial charge in [0, 0.05) is 19.8 Å². The minimum absolute atomic E-state index is 0.0537. The highest BCUT2D eigenvalue weighted by Gasteiger charge is 2.21. The molecular weight excluding hydrogens is 369 g/mol. The standard InChI is InChI=1S/C16H17Cl2N3O2S/c1-11-8-14(17)16(15(18)9-11)24(22,23)20-19-10-12-4-6-13(7-5-12)21(2)3/h4-10,20H,1-3H3/b19-10+. The summed E-state index contributed by atoms with van der Waals surface area (Å²) in [6.07, 6.45) is 1.41. The second kappa shape index (κ2) is 7.42. The van der Waals surface area contributed by atoms with Crippen molar-refractivity contribution in [2.75, 3.05) is 19.0 Å². The Kier molecular flexibility index (Phi) is 5.74. The molecule has 2 aromatic rings. The summed E-state index contributed by atoms with van der Waals surface area (Å²) >= 11 is 12.0. The van der Waals surface area contributed by atoms with Crippen molar-refractivity contribution in [2.45, 2.75) is 11.8 Å². The molecule has 0 saturated carbocycles. The van der Waals surface area contributed by atoms with Crippen LogP contribution in [0.5, 0.6) is 0 Å². The molecule has 0 heterocycles. The van der Waals surface area contributed by atoms with E-state index in [-0.39, 0.29) is 14.9 Å². The Morgan fingerprint density at radius 2 is 1.62 bits per heavy atom. The maximum Gasteiger partial charge on any atom is 0.279 e. The third-order valence-electron chi connectivity index (χ3n) is 3.21. The van der Waals surface area contributed by atoms with Gasteiger partial charge in [0.05, 0.1) is 16.3 Å². The Hall–Kier alpha value is -1.76. The number of rotatable bonds is 5. The van der Waals surface area contributed by atoms with Gasteiger partial charge >= 0.3 is 0 Å². The molecule has 0 aromatic heterocycles. The summed E-state index contributed by atoms with van der Waals surface area (Å²) in [6, 6.07) is 10.5. The topological polar surface area (TPSA) is 61.8 Å². The van der Waals surface area contributed by atoms with Crippen LogP contribution in [0.2, 0.25) is 10.0 Å².